The van der Waals surface area contributed by atoms with Crippen molar-refractivity contribution in [2.75, 3.05) is 18.4 Å². The van der Waals surface area contributed by atoms with E-state index in [-0.39, 0.29) is 11.6 Å². The number of nitrogens with zero attached hydrogens (tertiary/aromatic N) is 1. The van der Waals surface area contributed by atoms with Crippen LogP contribution in [0.3, 0.4) is 0 Å². The van der Waals surface area contributed by atoms with E-state index in [2.05, 4.69) is 65.9 Å². The molecule has 1 aromatic heterocycles. The smallest absolute Gasteiger partial charge is 0.337 e. The molecule has 2 aromatic carbocycles. The van der Waals surface area contributed by atoms with Crippen LogP contribution in [0.4, 0.5) is 5.69 Å². The van der Waals surface area contributed by atoms with Gasteiger partial charge in [0.2, 0.25) is 0 Å². The Morgan fingerprint density at radius 1 is 1.21 bits per heavy atom. The maximum absolute atomic E-state index is 11.4. The summed E-state index contributed by atoms with van der Waals surface area (Å²) in [4.78, 5) is 15.5. The highest BCUT2D eigenvalue weighted by atomic mass is 16.4. The summed E-state index contributed by atoms with van der Waals surface area (Å²) >= 11 is 0. The van der Waals surface area contributed by atoms with Crippen LogP contribution < -0.4 is 10.6 Å². The number of benzene rings is 2. The summed E-state index contributed by atoms with van der Waals surface area (Å²) in [6.07, 6.45) is 4.05. The first-order chi connectivity index (χ1) is 14.0. The molecule has 3 N–H and O–H groups in total. The minimum Gasteiger partial charge on any atom is -0.478 e. The van der Waals surface area contributed by atoms with Gasteiger partial charge in [-0.15, -0.1) is 0 Å². The molecule has 3 aromatic rings. The average Bonchev–Trinajstić information content (AvgIpc) is 2.72. The summed E-state index contributed by atoms with van der Waals surface area (Å²) in [5.74, 6) is -0.954. The third-order valence-corrected chi connectivity index (χ3v) is 5.62. The molecule has 1 aliphatic rings. The third kappa shape index (κ3) is 3.87. The van der Waals surface area contributed by atoms with Crippen molar-refractivity contribution < 1.29 is 9.90 Å². The van der Waals surface area contributed by atoms with Crippen molar-refractivity contribution in [3.63, 3.8) is 0 Å². The van der Waals surface area contributed by atoms with E-state index in [1.165, 1.54) is 45.6 Å². The molecule has 0 saturated heterocycles. The second-order valence-electron chi connectivity index (χ2n) is 7.54. The molecule has 0 spiro atoms. The van der Waals surface area contributed by atoms with Crippen LogP contribution in [0.2, 0.25) is 0 Å². The Kier molecular flexibility index (Phi) is 5.32. The molecule has 0 bridgehead atoms. The standard InChI is InChI=1S/C24H25N3O2/c1-15-4-3-5-16(2)23(15)18-6-7-19-17(12-18)8-11-26-22(19)14-27-21-13-25-10-9-20(21)24(28)29/h3-7,9-10,12-13,22,26-27H,8,11,14H2,1-2H3,(H,28,29)/t22-/m0/s1. The molecule has 0 saturated carbocycles. The van der Waals surface area contributed by atoms with Gasteiger partial charge in [-0.05, 0) is 66.3 Å². The fraction of sp³-hybridized carbons (Fsp3) is 0.250. The Morgan fingerprint density at radius 3 is 2.76 bits per heavy atom. The molecule has 0 aliphatic carbocycles. The first-order valence-corrected chi connectivity index (χ1v) is 9.88. The summed E-state index contributed by atoms with van der Waals surface area (Å²) in [5, 5.41) is 16.2. The van der Waals surface area contributed by atoms with Gasteiger partial charge in [0.1, 0.15) is 0 Å². The third-order valence-electron chi connectivity index (χ3n) is 5.62. The number of carboxylic acid groups (broad SMARTS) is 1. The van der Waals surface area contributed by atoms with E-state index >= 15 is 0 Å². The van der Waals surface area contributed by atoms with Crippen molar-refractivity contribution in [2.45, 2.75) is 26.3 Å². The van der Waals surface area contributed by atoms with Gasteiger partial charge >= 0.3 is 5.97 Å². The topological polar surface area (TPSA) is 74.2 Å². The molecule has 1 atom stereocenters. The van der Waals surface area contributed by atoms with E-state index in [0.717, 1.165) is 13.0 Å². The van der Waals surface area contributed by atoms with Gasteiger partial charge in [0.15, 0.2) is 0 Å². The van der Waals surface area contributed by atoms with Gasteiger partial charge in [-0.2, -0.15) is 0 Å². The lowest BCUT2D eigenvalue weighted by atomic mass is 9.88. The monoisotopic (exact) mass is 387 g/mol. The van der Waals surface area contributed by atoms with Crippen molar-refractivity contribution in [2.24, 2.45) is 0 Å². The molecule has 5 nitrogen and oxygen atoms in total. The van der Waals surface area contributed by atoms with Crippen molar-refractivity contribution in [3.05, 3.63) is 82.7 Å². The number of hydrogen-bond acceptors (Lipinski definition) is 4. The Morgan fingerprint density at radius 2 is 2.00 bits per heavy atom. The summed E-state index contributed by atoms with van der Waals surface area (Å²) in [6.45, 7) is 5.81. The molecule has 1 aliphatic heterocycles. The summed E-state index contributed by atoms with van der Waals surface area (Å²) < 4.78 is 0. The lowest BCUT2D eigenvalue weighted by Crippen LogP contribution is -2.34. The molecule has 0 radical (unpaired) electrons. The highest BCUT2D eigenvalue weighted by molar-refractivity contribution is 5.93. The van der Waals surface area contributed by atoms with Crippen LogP contribution in [-0.2, 0) is 6.42 Å². The number of aromatic nitrogens is 1. The van der Waals surface area contributed by atoms with Crippen LogP contribution in [-0.4, -0.2) is 29.1 Å². The highest BCUT2D eigenvalue weighted by Gasteiger charge is 2.21. The number of pyridine rings is 1. The normalized spacial score (nSPS) is 15.6. The molecular weight excluding hydrogens is 362 g/mol. The summed E-state index contributed by atoms with van der Waals surface area (Å²) in [7, 11) is 0. The number of rotatable bonds is 5. The SMILES string of the molecule is Cc1cccc(C)c1-c1ccc2c(c1)CCN[C@H]2CNc1cnccc1C(=O)O. The number of hydrogen-bond donors (Lipinski definition) is 3. The van der Waals surface area contributed by atoms with Crippen LogP contribution in [0.15, 0.2) is 54.9 Å². The Balaban J connectivity index is 1.59. The highest BCUT2D eigenvalue weighted by Crippen LogP contribution is 2.32. The van der Waals surface area contributed by atoms with E-state index < -0.39 is 5.97 Å². The molecule has 29 heavy (non-hydrogen) atoms. The molecule has 2 heterocycles. The number of anilines is 1. The van der Waals surface area contributed by atoms with Gasteiger partial charge in [0.05, 0.1) is 17.4 Å². The molecule has 0 fully saturated rings. The van der Waals surface area contributed by atoms with Gasteiger partial charge in [0.25, 0.3) is 0 Å². The minimum atomic E-state index is -0.954. The van der Waals surface area contributed by atoms with E-state index in [0.29, 0.717) is 12.2 Å². The minimum absolute atomic E-state index is 0.118. The number of carboxylic acids is 1. The molecule has 4 rings (SSSR count). The predicted molar refractivity (Wildman–Crippen MR) is 115 cm³/mol. The van der Waals surface area contributed by atoms with Crippen molar-refractivity contribution in [1.29, 1.82) is 0 Å². The number of aromatic carboxylic acids is 1. The molecule has 0 amide bonds. The number of fused-ring (bicyclic) bond motifs is 1. The van der Waals surface area contributed by atoms with Crippen molar-refractivity contribution >= 4 is 11.7 Å². The zero-order valence-corrected chi connectivity index (χ0v) is 16.7. The lowest BCUT2D eigenvalue weighted by molar-refractivity contribution is 0.0697. The van der Waals surface area contributed by atoms with Crippen LogP contribution >= 0.6 is 0 Å². The van der Waals surface area contributed by atoms with Crippen LogP contribution in [0.25, 0.3) is 11.1 Å². The summed E-state index contributed by atoms with van der Waals surface area (Å²) in [5.41, 5.74) is 8.53. The fourth-order valence-corrected chi connectivity index (χ4v) is 4.19. The number of carbonyl (C=O) groups is 1. The van der Waals surface area contributed by atoms with Gasteiger partial charge in [0, 0.05) is 18.8 Å². The molecule has 5 heteroatoms. The van der Waals surface area contributed by atoms with Gasteiger partial charge < -0.3 is 15.7 Å². The van der Waals surface area contributed by atoms with Crippen molar-refractivity contribution in [1.82, 2.24) is 10.3 Å². The zero-order chi connectivity index (χ0) is 20.4. The van der Waals surface area contributed by atoms with Crippen molar-refractivity contribution in [3.8, 4) is 11.1 Å². The Hall–Kier alpha value is -3.18. The van der Waals surface area contributed by atoms with E-state index in [1.54, 1.807) is 6.20 Å². The Bertz CT molecular complexity index is 1040. The van der Waals surface area contributed by atoms with E-state index in [1.807, 2.05) is 0 Å². The van der Waals surface area contributed by atoms with Crippen LogP contribution in [0.1, 0.15) is 38.7 Å². The second kappa shape index (κ2) is 8.05. The van der Waals surface area contributed by atoms with E-state index in [4.69, 9.17) is 0 Å². The Labute approximate surface area is 170 Å². The number of aryl methyl sites for hydroxylation is 2. The molecule has 0 unspecified atom stereocenters. The van der Waals surface area contributed by atoms with Crippen LogP contribution in [0.5, 0.6) is 0 Å². The fourth-order valence-electron chi connectivity index (χ4n) is 4.19. The first-order valence-electron chi connectivity index (χ1n) is 9.88. The van der Waals surface area contributed by atoms with Gasteiger partial charge in [-0.1, -0.05) is 36.4 Å². The largest absolute Gasteiger partial charge is 0.478 e. The lowest BCUT2D eigenvalue weighted by Gasteiger charge is -2.28. The second-order valence-corrected chi connectivity index (χ2v) is 7.54. The quantitative estimate of drug-likeness (QED) is 0.606. The van der Waals surface area contributed by atoms with Crippen LogP contribution in [0, 0.1) is 13.8 Å². The maximum Gasteiger partial charge on any atom is 0.337 e. The molecule has 148 valence electrons. The van der Waals surface area contributed by atoms with Gasteiger partial charge in [-0.25, -0.2) is 4.79 Å². The zero-order valence-electron chi connectivity index (χ0n) is 16.7. The molecular formula is C24H25N3O2. The number of nitrogens with one attached hydrogen (secondary N) is 2. The summed E-state index contributed by atoms with van der Waals surface area (Å²) in [6, 6.07) is 14.8. The predicted octanol–water partition coefficient (Wildman–Crippen LogP) is 4.36. The maximum atomic E-state index is 11.4. The average molecular weight is 387 g/mol. The first kappa shape index (κ1) is 19.2. The van der Waals surface area contributed by atoms with Gasteiger partial charge in [-0.3, -0.25) is 4.98 Å². The van der Waals surface area contributed by atoms with E-state index in [9.17, 15) is 9.90 Å².